The molecule has 76 valence electrons. The Bertz CT molecular complexity index is 305. The predicted octanol–water partition coefficient (Wildman–Crippen LogP) is 0.282. The summed E-state index contributed by atoms with van der Waals surface area (Å²) in [6, 6.07) is 0. The average Bonchev–Trinajstić information content (AvgIpc) is 2.58. The lowest BCUT2D eigenvalue weighted by molar-refractivity contribution is 0.0750. The fourth-order valence-corrected chi connectivity index (χ4v) is 1.53. The van der Waals surface area contributed by atoms with Gasteiger partial charge >= 0.3 is 7.05 Å². The zero-order chi connectivity index (χ0) is 10.4. The first kappa shape index (κ1) is 9.74. The highest BCUT2D eigenvalue weighted by molar-refractivity contribution is 6.65. The van der Waals surface area contributed by atoms with Gasteiger partial charge in [0.2, 0.25) is 0 Å². The number of aromatic nitrogens is 2. The highest BCUT2D eigenvalue weighted by atomic mass is 16.5. The molecule has 1 saturated heterocycles. The minimum Gasteiger partial charge on any atom is -0.411 e. The van der Waals surface area contributed by atoms with Crippen LogP contribution in [0.5, 0.6) is 0 Å². The third kappa shape index (κ3) is 1.37. The van der Waals surface area contributed by atoms with E-state index in [1.54, 1.807) is 6.20 Å². The lowest BCUT2D eigenvalue weighted by atomic mass is 9.75. The molecule has 2 rings (SSSR count). The Morgan fingerprint density at radius 2 is 2.07 bits per heavy atom. The van der Waals surface area contributed by atoms with Gasteiger partial charge in [-0.15, -0.1) is 0 Å². The zero-order valence-electron chi connectivity index (χ0n) is 9.09. The van der Waals surface area contributed by atoms with Crippen LogP contribution in [0.2, 0.25) is 0 Å². The quantitative estimate of drug-likeness (QED) is 0.630. The van der Waals surface area contributed by atoms with E-state index in [0.717, 1.165) is 5.46 Å². The van der Waals surface area contributed by atoms with Gasteiger partial charge in [0, 0.05) is 23.4 Å². The second-order valence-electron chi connectivity index (χ2n) is 4.81. The van der Waals surface area contributed by atoms with E-state index in [4.69, 9.17) is 4.65 Å². The van der Waals surface area contributed by atoms with Crippen LogP contribution in [0.4, 0.5) is 0 Å². The summed E-state index contributed by atoms with van der Waals surface area (Å²) in [4.78, 5) is 0. The van der Waals surface area contributed by atoms with Gasteiger partial charge in [0.05, 0.1) is 5.60 Å². The SMILES string of the molecule is CC1(C)NB(c2cn[nH]c2)OC1(C)C. The number of nitrogens with one attached hydrogen (secondary N) is 2. The first-order chi connectivity index (χ1) is 6.42. The van der Waals surface area contributed by atoms with Crippen molar-refractivity contribution in [3.05, 3.63) is 12.4 Å². The Balaban J connectivity index is 2.22. The average molecular weight is 193 g/mol. The van der Waals surface area contributed by atoms with E-state index in [-0.39, 0.29) is 18.2 Å². The van der Waals surface area contributed by atoms with E-state index in [1.807, 2.05) is 6.20 Å². The van der Waals surface area contributed by atoms with Crippen molar-refractivity contribution in [2.45, 2.75) is 38.8 Å². The number of nitrogens with zero attached hydrogens (tertiary/aromatic N) is 1. The van der Waals surface area contributed by atoms with E-state index < -0.39 is 0 Å². The lowest BCUT2D eigenvalue weighted by Gasteiger charge is -2.33. The molecule has 0 atom stereocenters. The fourth-order valence-electron chi connectivity index (χ4n) is 1.53. The van der Waals surface area contributed by atoms with Crippen molar-refractivity contribution < 1.29 is 4.65 Å². The summed E-state index contributed by atoms with van der Waals surface area (Å²) in [5.41, 5.74) is 0.841. The molecule has 0 spiro atoms. The van der Waals surface area contributed by atoms with Gasteiger partial charge in [-0.2, -0.15) is 5.10 Å². The van der Waals surface area contributed by atoms with Gasteiger partial charge in [0.15, 0.2) is 0 Å². The topological polar surface area (TPSA) is 49.9 Å². The maximum atomic E-state index is 5.94. The second-order valence-corrected chi connectivity index (χ2v) is 4.81. The molecular formula is C9H16BN3O. The van der Waals surface area contributed by atoms with Crippen LogP contribution < -0.4 is 10.7 Å². The largest absolute Gasteiger partial charge is 0.419 e. The highest BCUT2D eigenvalue weighted by Gasteiger charge is 2.49. The molecule has 2 heterocycles. The third-order valence-corrected chi connectivity index (χ3v) is 3.23. The molecule has 0 amide bonds. The van der Waals surface area contributed by atoms with Gasteiger partial charge in [0.1, 0.15) is 0 Å². The van der Waals surface area contributed by atoms with Gasteiger partial charge in [-0.3, -0.25) is 5.10 Å². The molecule has 0 saturated carbocycles. The Morgan fingerprint density at radius 3 is 2.50 bits per heavy atom. The molecule has 0 aliphatic carbocycles. The maximum Gasteiger partial charge on any atom is 0.419 e. The number of aromatic amines is 1. The Hall–Kier alpha value is -0.805. The van der Waals surface area contributed by atoms with Crippen LogP contribution >= 0.6 is 0 Å². The molecule has 1 fully saturated rings. The van der Waals surface area contributed by atoms with Crippen LogP contribution in [0.1, 0.15) is 27.7 Å². The van der Waals surface area contributed by atoms with Crippen LogP contribution in [0.25, 0.3) is 0 Å². The van der Waals surface area contributed by atoms with E-state index >= 15 is 0 Å². The van der Waals surface area contributed by atoms with Crippen LogP contribution in [0, 0.1) is 0 Å². The molecule has 14 heavy (non-hydrogen) atoms. The Kier molecular flexibility index (Phi) is 1.98. The molecule has 0 unspecified atom stereocenters. The van der Waals surface area contributed by atoms with Crippen LogP contribution in [0.15, 0.2) is 12.4 Å². The van der Waals surface area contributed by atoms with Gasteiger partial charge < -0.3 is 9.88 Å². The van der Waals surface area contributed by atoms with Gasteiger partial charge in [-0.1, -0.05) is 0 Å². The highest BCUT2D eigenvalue weighted by Crippen LogP contribution is 2.31. The molecule has 4 nitrogen and oxygen atoms in total. The lowest BCUT2D eigenvalue weighted by Crippen LogP contribution is -2.51. The molecule has 0 radical (unpaired) electrons. The number of H-pyrrole nitrogens is 1. The van der Waals surface area contributed by atoms with Gasteiger partial charge in [0.25, 0.3) is 0 Å². The van der Waals surface area contributed by atoms with Crippen LogP contribution in [0.3, 0.4) is 0 Å². The second kappa shape index (κ2) is 2.84. The summed E-state index contributed by atoms with van der Waals surface area (Å²) >= 11 is 0. The number of rotatable bonds is 1. The monoisotopic (exact) mass is 193 g/mol. The maximum absolute atomic E-state index is 5.94. The molecule has 2 N–H and O–H groups in total. The van der Waals surface area contributed by atoms with E-state index in [1.165, 1.54) is 0 Å². The molecule has 1 aliphatic rings. The fraction of sp³-hybridized carbons (Fsp3) is 0.667. The summed E-state index contributed by atoms with van der Waals surface area (Å²) in [5.74, 6) is 0. The van der Waals surface area contributed by atoms with Crippen molar-refractivity contribution >= 4 is 12.5 Å². The van der Waals surface area contributed by atoms with Crippen molar-refractivity contribution in [1.29, 1.82) is 0 Å². The summed E-state index contributed by atoms with van der Waals surface area (Å²) in [7, 11) is -0.0567. The number of hydrogen-bond donors (Lipinski definition) is 2. The molecule has 0 aromatic carbocycles. The van der Waals surface area contributed by atoms with E-state index in [0.29, 0.717) is 0 Å². The van der Waals surface area contributed by atoms with Crippen LogP contribution in [-0.4, -0.2) is 28.4 Å². The molecule has 1 aromatic rings. The summed E-state index contributed by atoms with van der Waals surface area (Å²) < 4.78 is 5.94. The van der Waals surface area contributed by atoms with Gasteiger partial charge in [-0.05, 0) is 27.7 Å². The number of hydrogen-bond acceptors (Lipinski definition) is 3. The Labute approximate surface area is 84.6 Å². The minimum atomic E-state index is -0.172. The minimum absolute atomic E-state index is 0.0328. The third-order valence-electron chi connectivity index (χ3n) is 3.23. The molecule has 1 aromatic heterocycles. The van der Waals surface area contributed by atoms with Gasteiger partial charge in [-0.25, -0.2) is 0 Å². The summed E-state index contributed by atoms with van der Waals surface area (Å²) in [5, 5.41) is 10.1. The van der Waals surface area contributed by atoms with Crippen molar-refractivity contribution in [3.63, 3.8) is 0 Å². The molecule has 0 bridgehead atoms. The first-order valence-corrected chi connectivity index (χ1v) is 4.87. The van der Waals surface area contributed by atoms with Crippen molar-refractivity contribution in [1.82, 2.24) is 15.4 Å². The predicted molar refractivity (Wildman–Crippen MR) is 56.4 cm³/mol. The molecule has 1 aliphatic heterocycles. The summed E-state index contributed by atoms with van der Waals surface area (Å²) in [6.45, 7) is 8.49. The smallest absolute Gasteiger partial charge is 0.411 e. The van der Waals surface area contributed by atoms with E-state index in [9.17, 15) is 0 Å². The normalized spacial score (nSPS) is 24.1. The Morgan fingerprint density at radius 1 is 1.36 bits per heavy atom. The first-order valence-electron chi connectivity index (χ1n) is 4.87. The van der Waals surface area contributed by atoms with Crippen LogP contribution in [-0.2, 0) is 4.65 Å². The molecular weight excluding hydrogens is 177 g/mol. The van der Waals surface area contributed by atoms with Crippen molar-refractivity contribution in [2.24, 2.45) is 0 Å². The summed E-state index contributed by atoms with van der Waals surface area (Å²) in [6.07, 6.45) is 3.64. The van der Waals surface area contributed by atoms with Crippen molar-refractivity contribution in [2.75, 3.05) is 0 Å². The molecule has 5 heteroatoms. The standard InChI is InChI=1S/C9H16BN3O/c1-8(2)9(3,4)14-10(13-8)7-5-11-12-6-7/h5-6,13H,1-4H3,(H,11,12). The van der Waals surface area contributed by atoms with Crippen molar-refractivity contribution in [3.8, 4) is 0 Å². The van der Waals surface area contributed by atoms with E-state index in [2.05, 4.69) is 43.1 Å². The zero-order valence-corrected chi connectivity index (χ0v) is 9.09.